The van der Waals surface area contributed by atoms with Crippen molar-refractivity contribution >= 4 is 5.91 Å². The summed E-state index contributed by atoms with van der Waals surface area (Å²) in [5, 5.41) is 3.22. The monoisotopic (exact) mass is 318 g/mol. The number of likely N-dealkylation sites (tertiary alicyclic amines) is 1. The van der Waals surface area contributed by atoms with Gasteiger partial charge in [-0.2, -0.15) is 0 Å². The maximum atomic E-state index is 12.5. The first-order valence-corrected chi connectivity index (χ1v) is 8.72. The first kappa shape index (κ1) is 17.8. The molecule has 0 saturated carbocycles. The molecular weight excluding hydrogens is 288 g/mol. The Labute approximate surface area is 140 Å². The fraction of sp³-hybridized carbons (Fsp3) is 0.632. The van der Waals surface area contributed by atoms with Crippen LogP contribution in [0.5, 0.6) is 5.75 Å². The molecule has 0 aliphatic carbocycles. The van der Waals surface area contributed by atoms with E-state index in [1.807, 2.05) is 36.2 Å². The summed E-state index contributed by atoms with van der Waals surface area (Å²) >= 11 is 0. The molecule has 1 aromatic rings. The first-order valence-electron chi connectivity index (χ1n) is 8.72. The predicted molar refractivity (Wildman–Crippen MR) is 93.7 cm³/mol. The molecule has 4 nitrogen and oxygen atoms in total. The molecule has 1 unspecified atom stereocenters. The highest BCUT2D eigenvalue weighted by Crippen LogP contribution is 2.18. The molecule has 0 radical (unpaired) electrons. The third-order valence-electron chi connectivity index (χ3n) is 4.23. The smallest absolute Gasteiger partial charge is 0.226 e. The highest BCUT2D eigenvalue weighted by Gasteiger charge is 2.23. The molecule has 1 atom stereocenters. The molecule has 1 aromatic carbocycles. The summed E-state index contributed by atoms with van der Waals surface area (Å²) in [6.07, 6.45) is 2.81. The summed E-state index contributed by atoms with van der Waals surface area (Å²) in [6, 6.07) is 7.93. The lowest BCUT2D eigenvalue weighted by molar-refractivity contribution is -0.132. The molecule has 0 spiro atoms. The van der Waals surface area contributed by atoms with Crippen molar-refractivity contribution in [3.05, 3.63) is 29.8 Å². The van der Waals surface area contributed by atoms with E-state index in [1.54, 1.807) is 0 Å². The van der Waals surface area contributed by atoms with E-state index in [4.69, 9.17) is 4.74 Å². The fourth-order valence-corrected chi connectivity index (χ4v) is 3.00. The SMILES string of the molecule is CNCC1CCCN(C(=O)Cc2ccc(OCC(C)C)cc2)C1. The van der Waals surface area contributed by atoms with E-state index in [0.717, 1.165) is 44.0 Å². The van der Waals surface area contributed by atoms with E-state index < -0.39 is 0 Å². The number of nitrogens with one attached hydrogen (secondary N) is 1. The molecule has 1 heterocycles. The van der Waals surface area contributed by atoms with E-state index in [9.17, 15) is 4.79 Å². The van der Waals surface area contributed by atoms with Crippen molar-refractivity contribution in [2.24, 2.45) is 11.8 Å². The molecule has 1 saturated heterocycles. The summed E-state index contributed by atoms with van der Waals surface area (Å²) in [6.45, 7) is 7.76. The number of hydrogen-bond donors (Lipinski definition) is 1. The second-order valence-electron chi connectivity index (χ2n) is 6.93. The van der Waals surface area contributed by atoms with Crippen LogP contribution < -0.4 is 10.1 Å². The molecule has 1 amide bonds. The van der Waals surface area contributed by atoms with Crippen LogP contribution in [-0.4, -0.2) is 44.1 Å². The number of carbonyl (C=O) groups excluding carboxylic acids is 1. The molecule has 0 bridgehead atoms. The van der Waals surface area contributed by atoms with Crippen LogP contribution in [0.15, 0.2) is 24.3 Å². The van der Waals surface area contributed by atoms with Crippen molar-refractivity contribution in [3.63, 3.8) is 0 Å². The molecule has 0 aromatic heterocycles. The van der Waals surface area contributed by atoms with E-state index >= 15 is 0 Å². The van der Waals surface area contributed by atoms with E-state index in [1.165, 1.54) is 6.42 Å². The first-order chi connectivity index (χ1) is 11.1. The molecule has 128 valence electrons. The molecule has 1 N–H and O–H groups in total. The quantitative estimate of drug-likeness (QED) is 0.840. The zero-order chi connectivity index (χ0) is 16.7. The van der Waals surface area contributed by atoms with Gasteiger partial charge in [-0.05, 0) is 56.0 Å². The van der Waals surface area contributed by atoms with Crippen LogP contribution in [0.1, 0.15) is 32.3 Å². The summed E-state index contributed by atoms with van der Waals surface area (Å²) in [5.41, 5.74) is 1.06. The van der Waals surface area contributed by atoms with Crippen molar-refractivity contribution < 1.29 is 9.53 Å². The lowest BCUT2D eigenvalue weighted by Crippen LogP contribution is -2.43. The number of carbonyl (C=O) groups is 1. The minimum absolute atomic E-state index is 0.238. The number of amides is 1. The third kappa shape index (κ3) is 5.87. The molecule has 1 fully saturated rings. The minimum Gasteiger partial charge on any atom is -0.493 e. The summed E-state index contributed by atoms with van der Waals surface area (Å²) < 4.78 is 5.68. The van der Waals surface area contributed by atoms with Gasteiger partial charge in [0.1, 0.15) is 5.75 Å². The van der Waals surface area contributed by atoms with Crippen molar-refractivity contribution in [2.45, 2.75) is 33.1 Å². The predicted octanol–water partition coefficient (Wildman–Crippen LogP) is 2.72. The van der Waals surface area contributed by atoms with Crippen LogP contribution in [-0.2, 0) is 11.2 Å². The number of hydrogen-bond acceptors (Lipinski definition) is 3. The summed E-state index contributed by atoms with van der Waals surface area (Å²) in [7, 11) is 1.98. The summed E-state index contributed by atoms with van der Waals surface area (Å²) in [4.78, 5) is 14.5. The zero-order valence-corrected chi connectivity index (χ0v) is 14.7. The van der Waals surface area contributed by atoms with Crippen LogP contribution in [0.4, 0.5) is 0 Å². The van der Waals surface area contributed by atoms with Crippen LogP contribution in [0, 0.1) is 11.8 Å². The number of ether oxygens (including phenoxy) is 1. The lowest BCUT2D eigenvalue weighted by Gasteiger charge is -2.32. The molecule has 23 heavy (non-hydrogen) atoms. The Hall–Kier alpha value is -1.55. The Morgan fingerprint density at radius 2 is 2.09 bits per heavy atom. The van der Waals surface area contributed by atoms with Crippen molar-refractivity contribution in [1.82, 2.24) is 10.2 Å². The van der Waals surface area contributed by atoms with Gasteiger partial charge in [-0.15, -0.1) is 0 Å². The van der Waals surface area contributed by atoms with Gasteiger partial charge in [0.05, 0.1) is 13.0 Å². The van der Waals surface area contributed by atoms with Gasteiger partial charge >= 0.3 is 0 Å². The largest absolute Gasteiger partial charge is 0.493 e. The van der Waals surface area contributed by atoms with Crippen molar-refractivity contribution in [1.29, 1.82) is 0 Å². The number of benzene rings is 1. The normalized spacial score (nSPS) is 18.3. The Balaban J connectivity index is 1.84. The van der Waals surface area contributed by atoms with Gasteiger partial charge in [0.15, 0.2) is 0 Å². The van der Waals surface area contributed by atoms with E-state index in [-0.39, 0.29) is 5.91 Å². The molecule has 1 aliphatic heterocycles. The van der Waals surface area contributed by atoms with Crippen molar-refractivity contribution in [3.8, 4) is 5.75 Å². The topological polar surface area (TPSA) is 41.6 Å². The highest BCUT2D eigenvalue weighted by molar-refractivity contribution is 5.78. The van der Waals surface area contributed by atoms with Crippen LogP contribution in [0.25, 0.3) is 0 Å². The van der Waals surface area contributed by atoms with Gasteiger partial charge in [0.2, 0.25) is 5.91 Å². The van der Waals surface area contributed by atoms with Gasteiger partial charge in [-0.25, -0.2) is 0 Å². The Bertz CT molecular complexity index is 483. The number of nitrogens with zero attached hydrogens (tertiary/aromatic N) is 1. The molecule has 2 rings (SSSR count). The lowest BCUT2D eigenvalue weighted by atomic mass is 9.97. The second-order valence-corrected chi connectivity index (χ2v) is 6.93. The Morgan fingerprint density at radius 1 is 1.35 bits per heavy atom. The Kier molecular flexibility index (Phi) is 6.90. The van der Waals surface area contributed by atoms with Crippen molar-refractivity contribution in [2.75, 3.05) is 33.3 Å². The molecule has 1 aliphatic rings. The molecule has 4 heteroatoms. The van der Waals surface area contributed by atoms with E-state index in [2.05, 4.69) is 19.2 Å². The van der Waals surface area contributed by atoms with Gasteiger partial charge in [0.25, 0.3) is 0 Å². The van der Waals surface area contributed by atoms with Gasteiger partial charge in [-0.3, -0.25) is 4.79 Å². The average molecular weight is 318 g/mol. The molecular formula is C19H30N2O2. The Morgan fingerprint density at radius 3 is 2.74 bits per heavy atom. The third-order valence-corrected chi connectivity index (χ3v) is 4.23. The van der Waals surface area contributed by atoms with E-state index in [0.29, 0.717) is 18.3 Å². The number of rotatable bonds is 7. The average Bonchev–Trinajstić information content (AvgIpc) is 2.55. The minimum atomic E-state index is 0.238. The maximum Gasteiger partial charge on any atom is 0.226 e. The second kappa shape index (κ2) is 8.92. The number of piperidine rings is 1. The van der Waals surface area contributed by atoms with Gasteiger partial charge in [-0.1, -0.05) is 26.0 Å². The van der Waals surface area contributed by atoms with Crippen LogP contribution in [0.3, 0.4) is 0 Å². The highest BCUT2D eigenvalue weighted by atomic mass is 16.5. The summed E-state index contributed by atoms with van der Waals surface area (Å²) in [5.74, 6) is 2.22. The fourth-order valence-electron chi connectivity index (χ4n) is 3.00. The standard InChI is InChI=1S/C19H30N2O2/c1-15(2)14-23-18-8-6-16(7-9-18)11-19(22)21-10-4-5-17(13-21)12-20-3/h6-9,15,17,20H,4-5,10-14H2,1-3H3. The maximum absolute atomic E-state index is 12.5. The van der Waals surface area contributed by atoms with Gasteiger partial charge < -0.3 is 15.0 Å². The van der Waals surface area contributed by atoms with Gasteiger partial charge in [0, 0.05) is 13.1 Å². The van der Waals surface area contributed by atoms with Crippen LogP contribution in [0.2, 0.25) is 0 Å². The van der Waals surface area contributed by atoms with Crippen LogP contribution >= 0.6 is 0 Å². The zero-order valence-electron chi connectivity index (χ0n) is 14.7.